The van der Waals surface area contributed by atoms with Gasteiger partial charge in [-0.25, -0.2) is 4.39 Å². The molecule has 0 saturated carbocycles. The van der Waals surface area contributed by atoms with Gasteiger partial charge in [0.1, 0.15) is 5.82 Å². The Kier molecular flexibility index (Phi) is 5.32. The summed E-state index contributed by atoms with van der Waals surface area (Å²) in [7, 11) is 4.53. The summed E-state index contributed by atoms with van der Waals surface area (Å²) in [6.07, 6.45) is 1.42. The first kappa shape index (κ1) is 18.7. The molecule has 0 aliphatic carbocycles. The molecule has 140 valence electrons. The second-order valence-electron chi connectivity index (χ2n) is 5.60. The SMILES string of the molecule is CNC(=O)c1cnc2cc(OC)c(OC)cc2c1Nc1ccc(Cl)cc1F. The number of carbonyl (C=O) groups excluding carboxylic acids is 1. The minimum Gasteiger partial charge on any atom is -0.493 e. The van der Waals surface area contributed by atoms with Crippen molar-refractivity contribution in [2.24, 2.45) is 0 Å². The van der Waals surface area contributed by atoms with Gasteiger partial charge in [-0.15, -0.1) is 0 Å². The standard InChI is InChI=1S/C19H17ClFN3O3/c1-22-19(25)12-9-23-15-8-17(27-3)16(26-2)7-11(15)18(12)24-14-5-4-10(20)6-13(14)21/h4-9H,1-3H3,(H,22,25)(H,23,24). The number of hydrogen-bond donors (Lipinski definition) is 2. The lowest BCUT2D eigenvalue weighted by molar-refractivity contribution is 0.0963. The third kappa shape index (κ3) is 3.59. The number of halogens is 2. The Balaban J connectivity index is 2.26. The zero-order chi connectivity index (χ0) is 19.6. The topological polar surface area (TPSA) is 72.5 Å². The lowest BCUT2D eigenvalue weighted by Gasteiger charge is -2.16. The maximum atomic E-state index is 14.3. The fourth-order valence-corrected chi connectivity index (χ4v) is 2.84. The number of ether oxygens (including phenoxy) is 2. The van der Waals surface area contributed by atoms with Crippen molar-refractivity contribution in [3.63, 3.8) is 0 Å². The molecule has 0 bridgehead atoms. The Morgan fingerprint density at radius 2 is 1.85 bits per heavy atom. The molecule has 1 heterocycles. The largest absolute Gasteiger partial charge is 0.493 e. The summed E-state index contributed by atoms with van der Waals surface area (Å²) in [5.74, 6) is 0.0427. The average molecular weight is 390 g/mol. The first-order valence-electron chi connectivity index (χ1n) is 7.97. The minimum atomic E-state index is -0.546. The molecule has 0 aliphatic heterocycles. The normalized spacial score (nSPS) is 10.6. The van der Waals surface area contributed by atoms with Crippen molar-refractivity contribution >= 4 is 39.8 Å². The van der Waals surface area contributed by atoms with Crippen molar-refractivity contribution < 1.29 is 18.7 Å². The fourth-order valence-electron chi connectivity index (χ4n) is 2.69. The maximum absolute atomic E-state index is 14.3. The van der Waals surface area contributed by atoms with Crippen molar-refractivity contribution in [2.45, 2.75) is 0 Å². The predicted octanol–water partition coefficient (Wildman–Crippen LogP) is 4.15. The molecule has 6 nitrogen and oxygen atoms in total. The molecular weight excluding hydrogens is 373 g/mol. The number of aromatic nitrogens is 1. The van der Waals surface area contributed by atoms with E-state index in [2.05, 4.69) is 15.6 Å². The minimum absolute atomic E-state index is 0.173. The summed E-state index contributed by atoms with van der Waals surface area (Å²) < 4.78 is 24.9. The lowest BCUT2D eigenvalue weighted by Crippen LogP contribution is -2.19. The van der Waals surface area contributed by atoms with E-state index in [9.17, 15) is 9.18 Å². The number of benzene rings is 2. The number of amides is 1. The van der Waals surface area contributed by atoms with Crippen molar-refractivity contribution in [3.8, 4) is 11.5 Å². The molecule has 3 aromatic rings. The maximum Gasteiger partial charge on any atom is 0.254 e. The molecule has 0 radical (unpaired) electrons. The van der Waals surface area contributed by atoms with E-state index in [0.29, 0.717) is 28.1 Å². The van der Waals surface area contributed by atoms with Gasteiger partial charge in [0.15, 0.2) is 11.5 Å². The fraction of sp³-hybridized carbons (Fsp3) is 0.158. The molecule has 1 aromatic heterocycles. The second kappa shape index (κ2) is 7.67. The highest BCUT2D eigenvalue weighted by molar-refractivity contribution is 6.30. The number of anilines is 2. The van der Waals surface area contributed by atoms with Crippen LogP contribution in [0.4, 0.5) is 15.8 Å². The Morgan fingerprint density at radius 3 is 2.48 bits per heavy atom. The van der Waals surface area contributed by atoms with Gasteiger partial charge in [-0.2, -0.15) is 0 Å². The van der Waals surface area contributed by atoms with Crippen LogP contribution >= 0.6 is 11.6 Å². The van der Waals surface area contributed by atoms with Crippen molar-refractivity contribution in [1.29, 1.82) is 0 Å². The van der Waals surface area contributed by atoms with Crippen molar-refractivity contribution in [2.75, 3.05) is 26.6 Å². The Labute approximate surface area is 160 Å². The van der Waals surface area contributed by atoms with E-state index in [1.54, 1.807) is 18.2 Å². The van der Waals surface area contributed by atoms with E-state index < -0.39 is 5.82 Å². The van der Waals surface area contributed by atoms with Crippen molar-refractivity contribution in [1.82, 2.24) is 10.3 Å². The van der Waals surface area contributed by atoms with E-state index in [0.717, 1.165) is 0 Å². The Hall–Kier alpha value is -3.06. The van der Waals surface area contributed by atoms with Gasteiger partial charge in [-0.05, 0) is 24.3 Å². The summed E-state index contributed by atoms with van der Waals surface area (Å²) in [6.45, 7) is 0. The molecule has 8 heteroatoms. The lowest BCUT2D eigenvalue weighted by atomic mass is 10.1. The first-order chi connectivity index (χ1) is 13.0. The molecule has 2 aromatic carbocycles. The summed E-state index contributed by atoms with van der Waals surface area (Å²) in [4.78, 5) is 16.6. The van der Waals surface area contributed by atoms with Crippen LogP contribution in [0.15, 0.2) is 36.5 Å². The van der Waals surface area contributed by atoms with Gasteiger partial charge in [0, 0.05) is 29.7 Å². The van der Waals surface area contributed by atoms with E-state index in [1.165, 1.54) is 39.6 Å². The van der Waals surface area contributed by atoms with Crippen LogP contribution in [0.2, 0.25) is 5.02 Å². The Morgan fingerprint density at radius 1 is 1.15 bits per heavy atom. The highest BCUT2D eigenvalue weighted by Crippen LogP contribution is 2.37. The van der Waals surface area contributed by atoms with Gasteiger partial charge in [0.2, 0.25) is 0 Å². The number of pyridine rings is 1. The third-order valence-electron chi connectivity index (χ3n) is 4.04. The molecule has 27 heavy (non-hydrogen) atoms. The first-order valence-corrected chi connectivity index (χ1v) is 8.35. The summed E-state index contributed by atoms with van der Waals surface area (Å²) in [5, 5.41) is 6.39. The second-order valence-corrected chi connectivity index (χ2v) is 6.04. The molecular formula is C19H17ClFN3O3. The van der Waals surface area contributed by atoms with E-state index >= 15 is 0 Å². The van der Waals surface area contributed by atoms with Crippen LogP contribution in [-0.4, -0.2) is 32.2 Å². The molecule has 0 unspecified atom stereocenters. The number of nitrogens with zero attached hydrogens (tertiary/aromatic N) is 1. The van der Waals surface area contributed by atoms with Crippen LogP contribution in [-0.2, 0) is 0 Å². The number of nitrogens with one attached hydrogen (secondary N) is 2. The molecule has 0 fully saturated rings. The van der Waals surface area contributed by atoms with Gasteiger partial charge in [-0.3, -0.25) is 9.78 Å². The third-order valence-corrected chi connectivity index (χ3v) is 4.27. The van der Waals surface area contributed by atoms with Gasteiger partial charge < -0.3 is 20.1 Å². The van der Waals surface area contributed by atoms with E-state index in [4.69, 9.17) is 21.1 Å². The monoisotopic (exact) mass is 389 g/mol. The van der Waals surface area contributed by atoms with Crippen LogP contribution in [0.5, 0.6) is 11.5 Å². The molecule has 0 aliphatic rings. The van der Waals surface area contributed by atoms with Gasteiger partial charge in [-0.1, -0.05) is 11.6 Å². The number of rotatable bonds is 5. The van der Waals surface area contributed by atoms with Crippen LogP contribution in [0, 0.1) is 5.82 Å². The summed E-state index contributed by atoms with van der Waals surface area (Å²) in [6, 6.07) is 7.61. The molecule has 0 spiro atoms. The zero-order valence-electron chi connectivity index (χ0n) is 14.9. The van der Waals surface area contributed by atoms with Crippen LogP contribution in [0.1, 0.15) is 10.4 Å². The number of fused-ring (bicyclic) bond motifs is 1. The average Bonchev–Trinajstić information content (AvgIpc) is 2.68. The quantitative estimate of drug-likeness (QED) is 0.686. The summed E-state index contributed by atoms with van der Waals surface area (Å²) >= 11 is 5.82. The highest BCUT2D eigenvalue weighted by Gasteiger charge is 2.18. The van der Waals surface area contributed by atoms with Crippen molar-refractivity contribution in [3.05, 3.63) is 52.9 Å². The molecule has 2 N–H and O–H groups in total. The van der Waals surface area contributed by atoms with E-state index in [1.807, 2.05) is 0 Å². The van der Waals surface area contributed by atoms with E-state index in [-0.39, 0.29) is 22.2 Å². The molecule has 3 rings (SSSR count). The van der Waals surface area contributed by atoms with Crippen LogP contribution < -0.4 is 20.1 Å². The molecule has 0 saturated heterocycles. The zero-order valence-corrected chi connectivity index (χ0v) is 15.6. The Bertz CT molecular complexity index is 1030. The van der Waals surface area contributed by atoms with Gasteiger partial charge in [0.25, 0.3) is 5.91 Å². The smallest absolute Gasteiger partial charge is 0.254 e. The van der Waals surface area contributed by atoms with Crippen LogP contribution in [0.25, 0.3) is 10.9 Å². The van der Waals surface area contributed by atoms with Gasteiger partial charge in [0.05, 0.1) is 36.7 Å². The van der Waals surface area contributed by atoms with Crippen LogP contribution in [0.3, 0.4) is 0 Å². The number of carbonyl (C=O) groups is 1. The number of methoxy groups -OCH3 is 2. The predicted molar refractivity (Wildman–Crippen MR) is 103 cm³/mol. The molecule has 1 amide bonds. The number of hydrogen-bond acceptors (Lipinski definition) is 5. The van der Waals surface area contributed by atoms with Gasteiger partial charge >= 0.3 is 0 Å². The molecule has 0 atom stereocenters. The highest BCUT2D eigenvalue weighted by atomic mass is 35.5. The summed E-state index contributed by atoms with van der Waals surface area (Å²) in [5.41, 5.74) is 1.37.